The van der Waals surface area contributed by atoms with Crippen molar-refractivity contribution in [2.75, 3.05) is 26.2 Å². The minimum atomic E-state index is -0.00410. The van der Waals surface area contributed by atoms with Crippen molar-refractivity contribution in [2.24, 2.45) is 17.8 Å². The van der Waals surface area contributed by atoms with Crippen LogP contribution >= 0.6 is 0 Å². The molecule has 2 heterocycles. The molecule has 1 aromatic carbocycles. The molecule has 1 unspecified atom stereocenters. The highest BCUT2D eigenvalue weighted by molar-refractivity contribution is 5.74. The molecule has 0 radical (unpaired) electrons. The number of piperidine rings is 1. The van der Waals surface area contributed by atoms with E-state index in [2.05, 4.69) is 54.4 Å². The van der Waals surface area contributed by atoms with Gasteiger partial charge in [0, 0.05) is 25.7 Å². The van der Waals surface area contributed by atoms with Crippen molar-refractivity contribution in [2.45, 2.75) is 39.3 Å². The molecule has 3 rings (SSSR count). The molecule has 132 valence electrons. The van der Waals surface area contributed by atoms with Crippen LogP contribution in [-0.2, 0) is 16.1 Å². The lowest BCUT2D eigenvalue weighted by molar-refractivity contribution is -0.141. The molecule has 0 amide bonds. The average Bonchev–Trinajstić information content (AvgIpc) is 2.96. The third kappa shape index (κ3) is 4.37. The summed E-state index contributed by atoms with van der Waals surface area (Å²) in [6.45, 7) is 9.50. The van der Waals surface area contributed by atoms with Crippen LogP contribution in [0.1, 0.15) is 32.3 Å². The SMILES string of the molecule is C[C@@H]1CN(Cc2ccccc2)C[C@H](C)C1NCC[C@@H]1CCOC1=O. The van der Waals surface area contributed by atoms with Gasteiger partial charge in [0.1, 0.15) is 0 Å². The van der Waals surface area contributed by atoms with Crippen molar-refractivity contribution in [3.05, 3.63) is 35.9 Å². The summed E-state index contributed by atoms with van der Waals surface area (Å²) in [6, 6.07) is 11.3. The van der Waals surface area contributed by atoms with Crippen molar-refractivity contribution in [1.29, 1.82) is 0 Å². The molecule has 2 aliphatic heterocycles. The lowest BCUT2D eigenvalue weighted by atomic mass is 9.85. The predicted octanol–water partition coefficient (Wildman–Crippen LogP) is 2.69. The summed E-state index contributed by atoms with van der Waals surface area (Å²) in [5.41, 5.74) is 1.39. The Balaban J connectivity index is 1.45. The summed E-state index contributed by atoms with van der Waals surface area (Å²) >= 11 is 0. The van der Waals surface area contributed by atoms with Gasteiger partial charge in [-0.1, -0.05) is 44.2 Å². The molecule has 2 fully saturated rings. The predicted molar refractivity (Wildman–Crippen MR) is 95.5 cm³/mol. The summed E-state index contributed by atoms with van der Waals surface area (Å²) in [5.74, 6) is 1.35. The first-order valence-corrected chi connectivity index (χ1v) is 9.30. The van der Waals surface area contributed by atoms with Crippen LogP contribution < -0.4 is 5.32 Å². The van der Waals surface area contributed by atoms with Gasteiger partial charge in [-0.25, -0.2) is 0 Å². The van der Waals surface area contributed by atoms with Crippen molar-refractivity contribution in [1.82, 2.24) is 10.2 Å². The highest BCUT2D eigenvalue weighted by Crippen LogP contribution is 2.24. The number of benzene rings is 1. The quantitative estimate of drug-likeness (QED) is 0.814. The Morgan fingerprint density at radius 1 is 1.17 bits per heavy atom. The van der Waals surface area contributed by atoms with Gasteiger partial charge in [-0.3, -0.25) is 9.69 Å². The Morgan fingerprint density at radius 3 is 2.50 bits per heavy atom. The molecule has 2 aliphatic rings. The van der Waals surface area contributed by atoms with Crippen LogP contribution in [0.2, 0.25) is 0 Å². The third-order valence-corrected chi connectivity index (χ3v) is 5.48. The first-order valence-electron chi connectivity index (χ1n) is 9.30. The number of rotatable bonds is 6. The number of nitrogens with one attached hydrogen (secondary N) is 1. The summed E-state index contributed by atoms with van der Waals surface area (Å²) in [5, 5.41) is 3.72. The van der Waals surface area contributed by atoms with Gasteiger partial charge >= 0.3 is 5.97 Å². The van der Waals surface area contributed by atoms with Crippen molar-refractivity contribution in [3.8, 4) is 0 Å². The van der Waals surface area contributed by atoms with Crippen LogP contribution in [-0.4, -0.2) is 43.2 Å². The fourth-order valence-corrected chi connectivity index (χ4v) is 4.27. The minimum absolute atomic E-state index is 0.00410. The summed E-state index contributed by atoms with van der Waals surface area (Å²) in [7, 11) is 0. The number of hydrogen-bond donors (Lipinski definition) is 1. The van der Waals surface area contributed by atoms with Crippen LogP contribution in [0.25, 0.3) is 0 Å². The van der Waals surface area contributed by atoms with Crippen molar-refractivity contribution in [3.63, 3.8) is 0 Å². The van der Waals surface area contributed by atoms with E-state index in [1.54, 1.807) is 0 Å². The first-order chi connectivity index (χ1) is 11.6. The van der Waals surface area contributed by atoms with Crippen LogP contribution in [0.4, 0.5) is 0 Å². The third-order valence-electron chi connectivity index (χ3n) is 5.48. The van der Waals surface area contributed by atoms with E-state index in [0.29, 0.717) is 24.5 Å². The highest BCUT2D eigenvalue weighted by Gasteiger charge is 2.32. The van der Waals surface area contributed by atoms with Crippen LogP contribution in [0, 0.1) is 17.8 Å². The second-order valence-corrected chi connectivity index (χ2v) is 7.56. The zero-order chi connectivity index (χ0) is 16.9. The molecule has 0 aromatic heterocycles. The number of carbonyl (C=O) groups is 1. The van der Waals surface area contributed by atoms with E-state index in [4.69, 9.17) is 4.74 Å². The molecular formula is C20H30N2O2. The molecule has 0 bridgehead atoms. The zero-order valence-electron chi connectivity index (χ0n) is 14.9. The Bertz CT molecular complexity index is 522. The second-order valence-electron chi connectivity index (χ2n) is 7.56. The number of ether oxygens (including phenoxy) is 1. The molecule has 4 atom stereocenters. The molecule has 0 saturated carbocycles. The maximum Gasteiger partial charge on any atom is 0.309 e. The minimum Gasteiger partial charge on any atom is -0.465 e. The fraction of sp³-hybridized carbons (Fsp3) is 0.650. The number of likely N-dealkylation sites (tertiary alicyclic amines) is 1. The smallest absolute Gasteiger partial charge is 0.309 e. The Kier molecular flexibility index (Phi) is 5.90. The van der Waals surface area contributed by atoms with Gasteiger partial charge in [-0.2, -0.15) is 0 Å². The fourth-order valence-electron chi connectivity index (χ4n) is 4.27. The van der Waals surface area contributed by atoms with Gasteiger partial charge < -0.3 is 10.1 Å². The lowest BCUT2D eigenvalue weighted by Crippen LogP contribution is -2.53. The van der Waals surface area contributed by atoms with E-state index in [1.807, 2.05) is 0 Å². The molecule has 1 N–H and O–H groups in total. The van der Waals surface area contributed by atoms with Gasteiger partial charge in [0.15, 0.2) is 0 Å². The van der Waals surface area contributed by atoms with E-state index in [9.17, 15) is 4.79 Å². The lowest BCUT2D eigenvalue weighted by Gasteiger charge is -2.42. The average molecular weight is 330 g/mol. The van der Waals surface area contributed by atoms with Gasteiger partial charge in [0.25, 0.3) is 0 Å². The van der Waals surface area contributed by atoms with E-state index < -0.39 is 0 Å². The highest BCUT2D eigenvalue weighted by atomic mass is 16.5. The van der Waals surface area contributed by atoms with Gasteiger partial charge in [-0.15, -0.1) is 0 Å². The Hall–Kier alpha value is -1.39. The molecule has 1 aromatic rings. The summed E-state index contributed by atoms with van der Waals surface area (Å²) < 4.78 is 5.05. The Labute approximate surface area is 145 Å². The molecule has 0 aliphatic carbocycles. The molecular weight excluding hydrogens is 300 g/mol. The zero-order valence-corrected chi connectivity index (χ0v) is 14.9. The van der Waals surface area contributed by atoms with Crippen LogP contribution in [0.15, 0.2) is 30.3 Å². The normalized spacial score (nSPS) is 31.2. The first kappa shape index (κ1) is 17.4. The van der Waals surface area contributed by atoms with Crippen LogP contribution in [0.5, 0.6) is 0 Å². The number of nitrogens with zero attached hydrogens (tertiary/aromatic N) is 1. The molecule has 0 spiro atoms. The second kappa shape index (κ2) is 8.13. The van der Waals surface area contributed by atoms with Crippen molar-refractivity contribution >= 4 is 5.97 Å². The number of esters is 1. The summed E-state index contributed by atoms with van der Waals surface area (Å²) in [6.07, 6.45) is 1.80. The van der Waals surface area contributed by atoms with E-state index in [0.717, 1.165) is 39.0 Å². The molecule has 4 heteroatoms. The molecule has 2 saturated heterocycles. The van der Waals surface area contributed by atoms with Crippen LogP contribution in [0.3, 0.4) is 0 Å². The number of cyclic esters (lactones) is 1. The summed E-state index contributed by atoms with van der Waals surface area (Å²) in [4.78, 5) is 14.1. The largest absolute Gasteiger partial charge is 0.465 e. The molecule has 4 nitrogen and oxygen atoms in total. The maximum absolute atomic E-state index is 11.5. The van der Waals surface area contributed by atoms with Gasteiger partial charge in [0.05, 0.1) is 12.5 Å². The monoisotopic (exact) mass is 330 g/mol. The molecule has 24 heavy (non-hydrogen) atoms. The van der Waals surface area contributed by atoms with Crippen molar-refractivity contribution < 1.29 is 9.53 Å². The maximum atomic E-state index is 11.5. The standard InChI is InChI=1S/C20H30N2O2/c1-15-12-22(14-17-6-4-3-5-7-17)13-16(2)19(15)21-10-8-18-9-11-24-20(18)23/h3-7,15-16,18-19,21H,8-14H2,1-2H3/t15-,16+,18-,19?/m1/s1. The van der Waals surface area contributed by atoms with Gasteiger partial charge in [-0.05, 0) is 36.8 Å². The number of carbonyl (C=O) groups excluding carboxylic acids is 1. The van der Waals surface area contributed by atoms with E-state index in [-0.39, 0.29) is 11.9 Å². The number of hydrogen-bond acceptors (Lipinski definition) is 4. The Morgan fingerprint density at radius 2 is 1.88 bits per heavy atom. The van der Waals surface area contributed by atoms with Gasteiger partial charge in [0.2, 0.25) is 0 Å². The van der Waals surface area contributed by atoms with E-state index in [1.165, 1.54) is 5.56 Å². The topological polar surface area (TPSA) is 41.6 Å². The van der Waals surface area contributed by atoms with E-state index >= 15 is 0 Å².